The van der Waals surface area contributed by atoms with Crippen LogP contribution in [0, 0.1) is 5.92 Å². The Labute approximate surface area is 155 Å². The molecule has 1 aliphatic heterocycles. The van der Waals surface area contributed by atoms with Gasteiger partial charge in [0.05, 0.1) is 13.1 Å². The molecule has 136 valence electrons. The minimum Gasteiger partial charge on any atom is -0.267 e. The first kappa shape index (κ1) is 16.9. The van der Waals surface area contributed by atoms with E-state index in [0.29, 0.717) is 28.6 Å². The highest BCUT2D eigenvalue weighted by molar-refractivity contribution is 6.30. The van der Waals surface area contributed by atoms with Crippen LogP contribution in [-0.2, 0) is 20.1 Å². The predicted octanol–water partition coefficient (Wildman–Crippen LogP) is 1.78. The quantitative estimate of drug-likeness (QED) is 0.695. The number of hydrogen-bond acceptors (Lipinski definition) is 3. The minimum absolute atomic E-state index is 0.252. The maximum Gasteiger partial charge on any atom is 0.364 e. The number of aromatic nitrogens is 4. The van der Waals surface area contributed by atoms with Crippen LogP contribution in [0.15, 0.2) is 33.9 Å². The number of H-pyrrole nitrogens is 1. The first-order chi connectivity index (χ1) is 12.4. The molecule has 2 aromatic heterocycles. The van der Waals surface area contributed by atoms with E-state index < -0.39 is 0 Å². The Morgan fingerprint density at radius 3 is 2.62 bits per heavy atom. The molecule has 0 bridgehead atoms. The highest BCUT2D eigenvalue weighted by atomic mass is 35.5. The summed E-state index contributed by atoms with van der Waals surface area (Å²) in [7, 11) is 1.69. The number of halogens is 1. The third-order valence-electron chi connectivity index (χ3n) is 4.98. The molecule has 0 unspecified atom stereocenters. The predicted molar refractivity (Wildman–Crippen MR) is 101 cm³/mol. The number of nitrogens with one attached hydrogen (secondary N) is 1. The van der Waals surface area contributed by atoms with E-state index in [2.05, 4.69) is 16.8 Å². The first-order valence-corrected chi connectivity index (χ1v) is 9.08. The Hall–Kier alpha value is -2.54. The highest BCUT2D eigenvalue weighted by Crippen LogP contribution is 2.28. The Kier molecular flexibility index (Phi) is 3.91. The van der Waals surface area contributed by atoms with Gasteiger partial charge >= 0.3 is 11.6 Å². The highest BCUT2D eigenvalue weighted by Gasteiger charge is 2.35. The fourth-order valence-electron chi connectivity index (χ4n) is 3.70. The van der Waals surface area contributed by atoms with Crippen molar-refractivity contribution < 1.29 is 4.57 Å². The van der Waals surface area contributed by atoms with Gasteiger partial charge < -0.3 is 0 Å². The summed E-state index contributed by atoms with van der Waals surface area (Å²) in [5.74, 6) is 1.15. The van der Waals surface area contributed by atoms with Crippen LogP contribution in [0.4, 0.5) is 11.6 Å². The summed E-state index contributed by atoms with van der Waals surface area (Å²) < 4.78 is 4.78. The van der Waals surface area contributed by atoms with Crippen molar-refractivity contribution in [2.45, 2.75) is 26.9 Å². The number of imidazole rings is 1. The van der Waals surface area contributed by atoms with Crippen LogP contribution in [0.25, 0.3) is 11.2 Å². The summed E-state index contributed by atoms with van der Waals surface area (Å²) >= 11 is 6.02. The van der Waals surface area contributed by atoms with Gasteiger partial charge in [0.25, 0.3) is 5.56 Å². The van der Waals surface area contributed by atoms with E-state index in [9.17, 15) is 9.59 Å². The second kappa shape index (κ2) is 6.02. The maximum atomic E-state index is 12.9. The number of hydrogen-bond donors (Lipinski definition) is 1. The zero-order chi connectivity index (χ0) is 18.6. The van der Waals surface area contributed by atoms with E-state index in [1.165, 1.54) is 9.13 Å². The van der Waals surface area contributed by atoms with Crippen molar-refractivity contribution in [3.05, 3.63) is 50.1 Å². The number of aromatic amines is 1. The largest absolute Gasteiger partial charge is 0.364 e. The Morgan fingerprint density at radius 2 is 1.96 bits per heavy atom. The van der Waals surface area contributed by atoms with Crippen molar-refractivity contribution in [2.24, 2.45) is 13.0 Å². The molecule has 1 N–H and O–H groups in total. The Bertz CT molecular complexity index is 1110. The Balaban J connectivity index is 2.03. The SMILES string of the molecule is CCn1c(=O)c2c([nH]c3[n+]2C[C@@H](C)CN3c2ccc(Cl)cc2)n(C)c1=O. The van der Waals surface area contributed by atoms with E-state index in [4.69, 9.17) is 11.6 Å². The zero-order valence-electron chi connectivity index (χ0n) is 15.0. The summed E-state index contributed by atoms with van der Waals surface area (Å²) in [5, 5.41) is 0.677. The molecular weight excluding hydrogens is 354 g/mol. The van der Waals surface area contributed by atoms with Crippen LogP contribution >= 0.6 is 11.6 Å². The van der Waals surface area contributed by atoms with Gasteiger partial charge in [-0.15, -0.1) is 0 Å². The Morgan fingerprint density at radius 1 is 1.27 bits per heavy atom. The van der Waals surface area contributed by atoms with Crippen LogP contribution in [-0.4, -0.2) is 20.7 Å². The molecule has 0 radical (unpaired) electrons. The van der Waals surface area contributed by atoms with Crippen molar-refractivity contribution in [3.8, 4) is 0 Å². The van der Waals surface area contributed by atoms with Crippen LogP contribution < -0.4 is 20.7 Å². The van der Waals surface area contributed by atoms with Crippen molar-refractivity contribution in [3.63, 3.8) is 0 Å². The van der Waals surface area contributed by atoms with Crippen LogP contribution in [0.2, 0.25) is 5.02 Å². The normalized spacial score (nSPS) is 16.9. The molecule has 0 amide bonds. The van der Waals surface area contributed by atoms with E-state index in [-0.39, 0.29) is 11.2 Å². The lowest BCUT2D eigenvalue weighted by atomic mass is 10.1. The van der Waals surface area contributed by atoms with Crippen molar-refractivity contribution >= 4 is 34.4 Å². The molecule has 0 spiro atoms. The summed E-state index contributed by atoms with van der Waals surface area (Å²) in [5.41, 5.74) is 1.51. The molecule has 3 heterocycles. The van der Waals surface area contributed by atoms with Crippen LogP contribution in [0.3, 0.4) is 0 Å². The van der Waals surface area contributed by atoms with Gasteiger partial charge in [0.1, 0.15) is 5.69 Å². The standard InChI is InChI=1S/C18H20ClN5O2/c1-4-22-16(25)14-15(21(3)18(22)26)20-17-23(9-11(2)10-24(14)17)13-7-5-12(19)6-8-13/h5-8,11H,4,9-10H2,1-3H3/p+1/t11-/m0/s1. The summed E-state index contributed by atoms with van der Waals surface area (Å²) in [6.07, 6.45) is 0. The summed E-state index contributed by atoms with van der Waals surface area (Å²) in [4.78, 5) is 30.8. The summed E-state index contributed by atoms with van der Waals surface area (Å²) in [6, 6.07) is 7.62. The molecular formula is C18H21ClN5O2+. The lowest BCUT2D eigenvalue weighted by Gasteiger charge is -2.26. The third kappa shape index (κ3) is 2.38. The van der Waals surface area contributed by atoms with Gasteiger partial charge in [0.15, 0.2) is 0 Å². The van der Waals surface area contributed by atoms with Crippen molar-refractivity contribution in [2.75, 3.05) is 11.4 Å². The fourth-order valence-corrected chi connectivity index (χ4v) is 3.83. The number of benzene rings is 1. The summed E-state index contributed by atoms with van der Waals surface area (Å²) in [6.45, 7) is 5.83. The fraction of sp³-hybridized carbons (Fsp3) is 0.389. The van der Waals surface area contributed by atoms with Crippen molar-refractivity contribution in [1.82, 2.24) is 14.1 Å². The number of aryl methyl sites for hydroxylation is 1. The van der Waals surface area contributed by atoms with E-state index >= 15 is 0 Å². The number of fused-ring (bicyclic) bond motifs is 3. The molecule has 0 aliphatic carbocycles. The molecule has 1 aliphatic rings. The van der Waals surface area contributed by atoms with Gasteiger partial charge in [0, 0.05) is 24.5 Å². The second-order valence-corrected chi connectivity index (χ2v) is 7.28. The molecule has 3 aromatic rings. The maximum absolute atomic E-state index is 12.9. The van der Waals surface area contributed by atoms with Crippen LogP contribution in [0.5, 0.6) is 0 Å². The number of rotatable bonds is 2. The van der Waals surface area contributed by atoms with Gasteiger partial charge in [-0.2, -0.15) is 0 Å². The van der Waals surface area contributed by atoms with Gasteiger partial charge in [-0.05, 0) is 31.2 Å². The van der Waals surface area contributed by atoms with Gasteiger partial charge in [-0.25, -0.2) is 19.2 Å². The molecule has 4 rings (SSSR count). The van der Waals surface area contributed by atoms with Crippen molar-refractivity contribution in [1.29, 1.82) is 0 Å². The zero-order valence-corrected chi connectivity index (χ0v) is 15.7. The lowest BCUT2D eigenvalue weighted by Crippen LogP contribution is -2.52. The number of nitrogens with zero attached hydrogens (tertiary/aromatic N) is 4. The molecule has 1 aromatic carbocycles. The molecule has 7 nitrogen and oxygen atoms in total. The molecule has 0 saturated heterocycles. The molecule has 0 fully saturated rings. The molecule has 8 heteroatoms. The lowest BCUT2D eigenvalue weighted by molar-refractivity contribution is -0.669. The average molecular weight is 375 g/mol. The smallest absolute Gasteiger partial charge is 0.267 e. The topological polar surface area (TPSA) is 66.9 Å². The number of anilines is 2. The molecule has 0 saturated carbocycles. The monoisotopic (exact) mass is 374 g/mol. The third-order valence-corrected chi connectivity index (χ3v) is 5.23. The van der Waals surface area contributed by atoms with Gasteiger partial charge in [0.2, 0.25) is 11.2 Å². The minimum atomic E-state index is -0.310. The van der Waals surface area contributed by atoms with E-state index in [1.807, 2.05) is 28.8 Å². The van der Waals surface area contributed by atoms with Crippen LogP contribution in [0.1, 0.15) is 13.8 Å². The first-order valence-electron chi connectivity index (χ1n) is 8.70. The average Bonchev–Trinajstić information content (AvgIpc) is 3.00. The molecule has 1 atom stereocenters. The molecule has 26 heavy (non-hydrogen) atoms. The second-order valence-electron chi connectivity index (χ2n) is 6.84. The van der Waals surface area contributed by atoms with Gasteiger partial charge in [-0.3, -0.25) is 13.9 Å². The van der Waals surface area contributed by atoms with E-state index in [0.717, 1.165) is 24.7 Å². The van der Waals surface area contributed by atoms with E-state index in [1.54, 1.807) is 14.0 Å². The van der Waals surface area contributed by atoms with Gasteiger partial charge in [-0.1, -0.05) is 18.5 Å².